The van der Waals surface area contributed by atoms with Crippen molar-refractivity contribution in [2.24, 2.45) is 23.7 Å². The minimum absolute atomic E-state index is 0.0498. The number of hydrogen-bond acceptors (Lipinski definition) is 7. The molecule has 5 aliphatic rings. The molecular weight excluding hydrogens is 460 g/mol. The van der Waals surface area contributed by atoms with Gasteiger partial charge in [-0.05, 0) is 62.1 Å². The number of carbonyl (C=O) groups is 1. The van der Waals surface area contributed by atoms with Crippen LogP contribution in [0.2, 0.25) is 5.02 Å². The maximum Gasteiger partial charge on any atom is 0.305 e. The van der Waals surface area contributed by atoms with Crippen LogP contribution in [0.3, 0.4) is 0 Å². The summed E-state index contributed by atoms with van der Waals surface area (Å²) in [5, 5.41) is 0.648. The zero-order chi connectivity index (χ0) is 24.1. The first kappa shape index (κ1) is 24.5. The van der Waals surface area contributed by atoms with Gasteiger partial charge in [0.05, 0.1) is 13.2 Å². The van der Waals surface area contributed by atoms with Gasteiger partial charge in [-0.2, -0.15) is 0 Å². The zero-order valence-corrected chi connectivity index (χ0v) is 21.1. The van der Waals surface area contributed by atoms with Crippen molar-refractivity contribution < 1.29 is 33.5 Å². The van der Waals surface area contributed by atoms with Crippen LogP contribution < -0.4 is 0 Å². The Labute approximate surface area is 206 Å². The molecule has 34 heavy (non-hydrogen) atoms. The number of carbonyl (C=O) groups excluding carboxylic acids is 1. The SMILES string of the molecule is COC(=O)CC[C@H](OC1O[C@@H]2O[C@]3(C)CC[C@H]4[C@H](C)CC[C@@H]([C@H]1C)[C@@]24OO3)c1ccc(Cl)cc1. The Morgan fingerprint density at radius 1 is 1.15 bits per heavy atom. The molecule has 0 radical (unpaired) electrons. The quantitative estimate of drug-likeness (QED) is 0.378. The maximum absolute atomic E-state index is 11.9. The van der Waals surface area contributed by atoms with E-state index in [-0.39, 0.29) is 30.3 Å². The summed E-state index contributed by atoms with van der Waals surface area (Å²) in [6.07, 6.45) is 3.15. The lowest BCUT2D eigenvalue weighted by Gasteiger charge is -2.60. The van der Waals surface area contributed by atoms with E-state index in [2.05, 4.69) is 13.8 Å². The van der Waals surface area contributed by atoms with Crippen molar-refractivity contribution in [2.75, 3.05) is 7.11 Å². The Bertz CT molecular complexity index is 894. The van der Waals surface area contributed by atoms with E-state index in [4.69, 9.17) is 40.3 Å². The van der Waals surface area contributed by atoms with Gasteiger partial charge in [0.15, 0.2) is 18.2 Å². The molecule has 6 rings (SSSR count). The van der Waals surface area contributed by atoms with Crippen LogP contribution in [0.5, 0.6) is 0 Å². The molecule has 1 aliphatic carbocycles. The highest BCUT2D eigenvalue weighted by molar-refractivity contribution is 6.30. The van der Waals surface area contributed by atoms with Crippen LogP contribution >= 0.6 is 11.6 Å². The lowest BCUT2D eigenvalue weighted by Crippen LogP contribution is -2.70. The molecule has 1 aromatic rings. The molecular formula is C26H35ClO7. The number of hydrogen-bond donors (Lipinski definition) is 0. The molecule has 1 spiro atoms. The van der Waals surface area contributed by atoms with E-state index in [1.807, 2.05) is 31.2 Å². The lowest BCUT2D eigenvalue weighted by molar-refractivity contribution is -0.578. The molecule has 1 aromatic carbocycles. The summed E-state index contributed by atoms with van der Waals surface area (Å²) in [6, 6.07) is 7.52. The molecule has 4 saturated heterocycles. The summed E-state index contributed by atoms with van der Waals surface area (Å²) < 4.78 is 24.5. The first-order valence-electron chi connectivity index (χ1n) is 12.4. The summed E-state index contributed by atoms with van der Waals surface area (Å²) in [6.45, 7) is 6.38. The molecule has 7 nitrogen and oxygen atoms in total. The highest BCUT2D eigenvalue weighted by atomic mass is 35.5. The minimum Gasteiger partial charge on any atom is -0.469 e. The Morgan fingerprint density at radius 2 is 1.91 bits per heavy atom. The Kier molecular flexibility index (Phi) is 6.72. The standard InChI is InChI=1S/C26H35ClO7/c1-15-5-10-20-16(2)23(31-24-26(20)19(15)13-14-25(3,32-24)33-34-26)30-21(11-12-22(28)29-4)17-6-8-18(27)9-7-17/h6-9,15-16,19-21,23-24H,5,10-14H2,1-4H3/t15-,16-,19+,20+,21+,23?,24-,25+,26-/m1/s1. The fourth-order valence-electron chi connectivity index (χ4n) is 6.53. The van der Waals surface area contributed by atoms with Crippen LogP contribution in [-0.2, 0) is 33.5 Å². The summed E-state index contributed by atoms with van der Waals surface area (Å²) in [4.78, 5) is 24.0. The molecule has 9 atom stereocenters. The number of benzene rings is 1. The number of rotatable bonds is 6. The number of ether oxygens (including phenoxy) is 4. The fourth-order valence-corrected chi connectivity index (χ4v) is 6.66. The van der Waals surface area contributed by atoms with E-state index in [1.165, 1.54) is 7.11 Å². The van der Waals surface area contributed by atoms with Crippen molar-refractivity contribution in [1.82, 2.24) is 0 Å². The van der Waals surface area contributed by atoms with Gasteiger partial charge in [0.1, 0.15) is 0 Å². The van der Waals surface area contributed by atoms with Crippen molar-refractivity contribution in [3.63, 3.8) is 0 Å². The highest BCUT2D eigenvalue weighted by Gasteiger charge is 2.69. The Morgan fingerprint density at radius 3 is 2.65 bits per heavy atom. The molecule has 1 unspecified atom stereocenters. The summed E-state index contributed by atoms with van der Waals surface area (Å²) in [5.41, 5.74) is 0.309. The Balaban J connectivity index is 1.42. The largest absolute Gasteiger partial charge is 0.469 e. The van der Waals surface area contributed by atoms with Gasteiger partial charge in [-0.15, -0.1) is 0 Å². The third-order valence-electron chi connectivity index (χ3n) is 8.48. The third-order valence-corrected chi connectivity index (χ3v) is 8.73. The summed E-state index contributed by atoms with van der Waals surface area (Å²) >= 11 is 6.11. The monoisotopic (exact) mass is 494 g/mol. The minimum atomic E-state index is -0.830. The molecule has 4 heterocycles. The fraction of sp³-hybridized carbons (Fsp3) is 0.731. The normalized spacial score (nSPS) is 41.9. The molecule has 0 amide bonds. The lowest BCUT2D eigenvalue weighted by atomic mass is 9.58. The number of esters is 1. The predicted octanol–water partition coefficient (Wildman–Crippen LogP) is 5.56. The maximum atomic E-state index is 11.9. The first-order chi connectivity index (χ1) is 16.3. The van der Waals surface area contributed by atoms with Gasteiger partial charge in [0, 0.05) is 29.7 Å². The van der Waals surface area contributed by atoms with Crippen LogP contribution in [0, 0.1) is 23.7 Å². The molecule has 1 saturated carbocycles. The molecule has 8 heteroatoms. The predicted molar refractivity (Wildman–Crippen MR) is 123 cm³/mol. The van der Waals surface area contributed by atoms with Gasteiger partial charge in [-0.3, -0.25) is 4.79 Å². The van der Waals surface area contributed by atoms with Crippen LogP contribution in [0.15, 0.2) is 24.3 Å². The van der Waals surface area contributed by atoms with Crippen LogP contribution in [0.25, 0.3) is 0 Å². The molecule has 4 aliphatic heterocycles. The average Bonchev–Trinajstić information content (AvgIpc) is 3.06. The zero-order valence-electron chi connectivity index (χ0n) is 20.3. The van der Waals surface area contributed by atoms with Gasteiger partial charge in [0.2, 0.25) is 5.79 Å². The van der Waals surface area contributed by atoms with Crippen LogP contribution in [-0.4, -0.2) is 37.0 Å². The number of halogens is 1. The molecule has 188 valence electrons. The van der Waals surface area contributed by atoms with Crippen LogP contribution in [0.4, 0.5) is 0 Å². The second kappa shape index (κ2) is 9.34. The van der Waals surface area contributed by atoms with E-state index in [0.29, 0.717) is 23.3 Å². The third kappa shape index (κ3) is 4.18. The van der Waals surface area contributed by atoms with Gasteiger partial charge in [-0.25, -0.2) is 9.78 Å². The second-order valence-electron chi connectivity index (χ2n) is 10.6. The van der Waals surface area contributed by atoms with E-state index < -0.39 is 24.0 Å². The summed E-state index contributed by atoms with van der Waals surface area (Å²) in [7, 11) is 1.40. The topological polar surface area (TPSA) is 72.5 Å². The Hall–Kier alpha value is -1.22. The molecule has 5 fully saturated rings. The van der Waals surface area contributed by atoms with Crippen molar-refractivity contribution >= 4 is 17.6 Å². The molecule has 0 aromatic heterocycles. The first-order valence-corrected chi connectivity index (χ1v) is 12.8. The van der Waals surface area contributed by atoms with Crippen molar-refractivity contribution in [3.05, 3.63) is 34.9 Å². The van der Waals surface area contributed by atoms with E-state index in [0.717, 1.165) is 31.2 Å². The number of methoxy groups -OCH3 is 1. The molecule has 2 bridgehead atoms. The van der Waals surface area contributed by atoms with Gasteiger partial charge < -0.3 is 18.9 Å². The smallest absolute Gasteiger partial charge is 0.305 e. The van der Waals surface area contributed by atoms with E-state index in [9.17, 15) is 4.79 Å². The van der Waals surface area contributed by atoms with Crippen molar-refractivity contribution in [2.45, 2.75) is 89.4 Å². The van der Waals surface area contributed by atoms with E-state index >= 15 is 0 Å². The second-order valence-corrected chi connectivity index (χ2v) is 11.0. The summed E-state index contributed by atoms with van der Waals surface area (Å²) in [5.74, 6) is -0.0771. The van der Waals surface area contributed by atoms with E-state index in [1.54, 1.807) is 0 Å². The number of fused-ring (bicyclic) bond motifs is 2. The van der Waals surface area contributed by atoms with Gasteiger partial charge in [0.25, 0.3) is 0 Å². The van der Waals surface area contributed by atoms with Crippen LogP contribution in [0.1, 0.15) is 71.0 Å². The van der Waals surface area contributed by atoms with Gasteiger partial charge in [-0.1, -0.05) is 37.6 Å². The molecule has 0 N–H and O–H groups in total. The average molecular weight is 495 g/mol. The van der Waals surface area contributed by atoms with Crippen molar-refractivity contribution in [3.8, 4) is 0 Å². The van der Waals surface area contributed by atoms with Crippen molar-refractivity contribution in [1.29, 1.82) is 0 Å². The highest BCUT2D eigenvalue weighted by Crippen LogP contribution is 2.60. The van der Waals surface area contributed by atoms with Gasteiger partial charge >= 0.3 is 5.97 Å².